The first kappa shape index (κ1) is 13.2. The van der Waals surface area contributed by atoms with Crippen molar-refractivity contribution in [1.29, 1.82) is 5.41 Å². The predicted molar refractivity (Wildman–Crippen MR) is 60.8 cm³/mol. The monoisotopic (exact) mass is 264 g/mol. The fraction of sp³-hybridized carbons (Fsp3) is 0.750. The maximum atomic E-state index is 11.3. The van der Waals surface area contributed by atoms with E-state index in [1.54, 1.807) is 0 Å². The standard InChI is InChI=1S/C8H16N4O.BrH/c1-3-8(4-2)5-12(6(9)10)7(13)11-8;/h3-5H2,1-2H3,(H3,9,10)(H,11,13);1H. The van der Waals surface area contributed by atoms with Crippen molar-refractivity contribution in [2.24, 2.45) is 5.73 Å². The summed E-state index contributed by atoms with van der Waals surface area (Å²) < 4.78 is 0. The molecule has 0 radical (unpaired) electrons. The Labute approximate surface area is 94.3 Å². The van der Waals surface area contributed by atoms with E-state index in [0.717, 1.165) is 12.8 Å². The highest BCUT2D eigenvalue weighted by Crippen LogP contribution is 2.22. The summed E-state index contributed by atoms with van der Waals surface area (Å²) in [4.78, 5) is 12.6. The Balaban J connectivity index is 0.00000169. The number of nitrogens with two attached hydrogens (primary N) is 1. The summed E-state index contributed by atoms with van der Waals surface area (Å²) in [6.45, 7) is 4.55. The van der Waals surface area contributed by atoms with Crippen LogP contribution in [0.4, 0.5) is 4.79 Å². The number of nitrogens with one attached hydrogen (secondary N) is 2. The van der Waals surface area contributed by atoms with Crippen LogP contribution in [0.25, 0.3) is 0 Å². The van der Waals surface area contributed by atoms with Crippen molar-refractivity contribution in [3.8, 4) is 0 Å². The van der Waals surface area contributed by atoms with Crippen molar-refractivity contribution >= 4 is 29.0 Å². The maximum Gasteiger partial charge on any atom is 0.324 e. The molecule has 6 heteroatoms. The highest BCUT2D eigenvalue weighted by Gasteiger charge is 2.40. The lowest BCUT2D eigenvalue weighted by Crippen LogP contribution is -2.42. The minimum atomic E-state index is -0.254. The second-order valence-corrected chi connectivity index (χ2v) is 3.39. The Kier molecular flexibility index (Phi) is 4.38. The van der Waals surface area contributed by atoms with Crippen LogP contribution < -0.4 is 11.1 Å². The SMILES string of the molecule is Br.CCC1(CC)CN(C(=N)N)C(=O)N1. The molecule has 1 aliphatic heterocycles. The molecule has 5 nitrogen and oxygen atoms in total. The van der Waals surface area contributed by atoms with Gasteiger partial charge in [0.2, 0.25) is 0 Å². The molecule has 0 spiro atoms. The summed E-state index contributed by atoms with van der Waals surface area (Å²) in [6, 6.07) is -0.254. The van der Waals surface area contributed by atoms with E-state index in [1.807, 2.05) is 13.8 Å². The molecule has 4 N–H and O–H groups in total. The summed E-state index contributed by atoms with van der Waals surface area (Å²) in [5.74, 6) is -0.179. The maximum absolute atomic E-state index is 11.3. The van der Waals surface area contributed by atoms with Crippen LogP contribution in [0.5, 0.6) is 0 Å². The van der Waals surface area contributed by atoms with Crippen LogP contribution in [0.2, 0.25) is 0 Å². The molecule has 0 aliphatic carbocycles. The Hall–Kier alpha value is -0.780. The number of guanidine groups is 1. The van der Waals surface area contributed by atoms with Gasteiger partial charge < -0.3 is 11.1 Å². The zero-order chi connectivity index (χ0) is 10.1. The van der Waals surface area contributed by atoms with Crippen molar-refractivity contribution in [3.63, 3.8) is 0 Å². The van der Waals surface area contributed by atoms with Gasteiger partial charge in [0.05, 0.1) is 12.1 Å². The third kappa shape index (κ3) is 2.17. The van der Waals surface area contributed by atoms with Crippen molar-refractivity contribution in [3.05, 3.63) is 0 Å². The first-order valence-corrected chi connectivity index (χ1v) is 4.48. The minimum absolute atomic E-state index is 0. The van der Waals surface area contributed by atoms with Crippen LogP contribution in [-0.4, -0.2) is 29.0 Å². The molecule has 0 bridgehead atoms. The highest BCUT2D eigenvalue weighted by molar-refractivity contribution is 8.93. The van der Waals surface area contributed by atoms with Crippen molar-refractivity contribution in [2.75, 3.05) is 6.54 Å². The van der Waals surface area contributed by atoms with Crippen LogP contribution in [0.3, 0.4) is 0 Å². The van der Waals surface area contributed by atoms with Crippen LogP contribution in [0, 0.1) is 5.41 Å². The lowest BCUT2D eigenvalue weighted by molar-refractivity contribution is 0.233. The molecule has 1 fully saturated rings. The van der Waals surface area contributed by atoms with Crippen molar-refractivity contribution in [1.82, 2.24) is 10.2 Å². The third-order valence-electron chi connectivity index (χ3n) is 2.72. The van der Waals surface area contributed by atoms with Gasteiger partial charge in [0.15, 0.2) is 5.96 Å². The molecule has 14 heavy (non-hydrogen) atoms. The molecule has 1 saturated heterocycles. The fourth-order valence-corrected chi connectivity index (χ4v) is 1.55. The number of urea groups is 1. The summed E-state index contributed by atoms with van der Waals surface area (Å²) in [5.41, 5.74) is 5.08. The van der Waals surface area contributed by atoms with Gasteiger partial charge in [-0.1, -0.05) is 13.8 Å². The van der Waals surface area contributed by atoms with E-state index in [4.69, 9.17) is 11.1 Å². The molecule has 1 rings (SSSR count). The van der Waals surface area contributed by atoms with Gasteiger partial charge in [-0.05, 0) is 12.8 Å². The van der Waals surface area contributed by atoms with Crippen molar-refractivity contribution < 1.29 is 4.79 Å². The van der Waals surface area contributed by atoms with Crippen molar-refractivity contribution in [2.45, 2.75) is 32.2 Å². The zero-order valence-electron chi connectivity index (χ0n) is 8.46. The highest BCUT2D eigenvalue weighted by atomic mass is 79.9. The Morgan fingerprint density at radius 3 is 2.36 bits per heavy atom. The number of nitrogens with zero attached hydrogens (tertiary/aromatic N) is 1. The van der Waals surface area contributed by atoms with E-state index in [0.29, 0.717) is 6.54 Å². The van der Waals surface area contributed by atoms with Gasteiger partial charge in [-0.2, -0.15) is 0 Å². The molecule has 0 unspecified atom stereocenters. The lowest BCUT2D eigenvalue weighted by atomic mass is 9.94. The first-order valence-electron chi connectivity index (χ1n) is 4.48. The normalized spacial score (nSPS) is 18.7. The van der Waals surface area contributed by atoms with Gasteiger partial charge in [-0.15, -0.1) is 17.0 Å². The van der Waals surface area contributed by atoms with E-state index in [1.165, 1.54) is 4.90 Å². The summed E-state index contributed by atoms with van der Waals surface area (Å²) in [5, 5.41) is 10.1. The number of carbonyl (C=O) groups excluding carboxylic acids is 1. The molecular weight excluding hydrogens is 248 g/mol. The van der Waals surface area contributed by atoms with Gasteiger partial charge >= 0.3 is 6.03 Å². The molecule has 0 saturated carbocycles. The van der Waals surface area contributed by atoms with E-state index in [9.17, 15) is 4.79 Å². The number of hydrogen-bond donors (Lipinski definition) is 3. The molecule has 0 atom stereocenters. The lowest BCUT2D eigenvalue weighted by Gasteiger charge is -2.24. The first-order chi connectivity index (χ1) is 6.04. The summed E-state index contributed by atoms with van der Waals surface area (Å²) in [6.07, 6.45) is 1.72. The summed E-state index contributed by atoms with van der Waals surface area (Å²) in [7, 11) is 0. The Morgan fingerprint density at radius 2 is 2.14 bits per heavy atom. The number of hydrogen-bond acceptors (Lipinski definition) is 2. The quantitative estimate of drug-likeness (QED) is 0.515. The Bertz CT molecular complexity index is 239. The molecule has 1 heterocycles. The largest absolute Gasteiger partial charge is 0.370 e. The summed E-state index contributed by atoms with van der Waals surface area (Å²) >= 11 is 0. The smallest absolute Gasteiger partial charge is 0.324 e. The van der Waals surface area contributed by atoms with Gasteiger partial charge in [0.1, 0.15) is 0 Å². The van der Waals surface area contributed by atoms with Crippen LogP contribution in [0.1, 0.15) is 26.7 Å². The number of amides is 2. The van der Waals surface area contributed by atoms with Crippen LogP contribution in [0.15, 0.2) is 0 Å². The zero-order valence-corrected chi connectivity index (χ0v) is 10.2. The molecule has 0 aromatic heterocycles. The average Bonchev–Trinajstić information content (AvgIpc) is 2.44. The Morgan fingerprint density at radius 1 is 1.64 bits per heavy atom. The van der Waals surface area contributed by atoms with E-state index < -0.39 is 0 Å². The van der Waals surface area contributed by atoms with E-state index in [-0.39, 0.29) is 34.5 Å². The molecule has 0 aromatic rings. The molecular formula is C8H17BrN4O. The molecule has 0 aromatic carbocycles. The van der Waals surface area contributed by atoms with Crippen LogP contribution in [-0.2, 0) is 0 Å². The van der Waals surface area contributed by atoms with E-state index in [2.05, 4.69) is 5.32 Å². The minimum Gasteiger partial charge on any atom is -0.370 e. The van der Waals surface area contributed by atoms with Gasteiger partial charge in [-0.3, -0.25) is 10.3 Å². The molecule has 1 aliphatic rings. The topological polar surface area (TPSA) is 82.2 Å². The number of rotatable bonds is 2. The number of carbonyl (C=O) groups is 1. The second kappa shape index (κ2) is 4.63. The average molecular weight is 265 g/mol. The third-order valence-corrected chi connectivity index (χ3v) is 2.72. The predicted octanol–water partition coefficient (Wildman–Crippen LogP) is 1.04. The fourth-order valence-electron chi connectivity index (χ4n) is 1.55. The van der Waals surface area contributed by atoms with Gasteiger partial charge in [-0.25, -0.2) is 4.79 Å². The van der Waals surface area contributed by atoms with E-state index >= 15 is 0 Å². The van der Waals surface area contributed by atoms with Crippen LogP contribution >= 0.6 is 17.0 Å². The number of halogens is 1. The van der Waals surface area contributed by atoms with Gasteiger partial charge in [0.25, 0.3) is 0 Å². The second-order valence-electron chi connectivity index (χ2n) is 3.39. The van der Waals surface area contributed by atoms with Gasteiger partial charge in [0, 0.05) is 0 Å². The molecule has 2 amide bonds. The molecule has 82 valence electrons.